The summed E-state index contributed by atoms with van der Waals surface area (Å²) in [7, 11) is 2.08. The molecule has 0 radical (unpaired) electrons. The second-order valence-electron chi connectivity index (χ2n) is 4.96. The van der Waals surface area contributed by atoms with E-state index in [0.29, 0.717) is 0 Å². The molecule has 0 spiro atoms. The van der Waals surface area contributed by atoms with Crippen molar-refractivity contribution in [2.75, 3.05) is 0 Å². The molecule has 0 aliphatic heterocycles. The average molecular weight is 261 g/mol. The van der Waals surface area contributed by atoms with Crippen molar-refractivity contribution < 1.29 is 4.57 Å². The second-order valence-corrected chi connectivity index (χ2v) is 4.96. The van der Waals surface area contributed by atoms with Gasteiger partial charge < -0.3 is 0 Å². The van der Waals surface area contributed by atoms with Crippen molar-refractivity contribution in [3.8, 4) is 22.4 Å². The monoisotopic (exact) mass is 261 g/mol. The van der Waals surface area contributed by atoms with Crippen LogP contribution in [-0.4, -0.2) is 4.98 Å². The Labute approximate surface area is 119 Å². The van der Waals surface area contributed by atoms with Crippen molar-refractivity contribution in [3.63, 3.8) is 0 Å². The molecule has 0 fully saturated rings. The van der Waals surface area contributed by atoms with Crippen LogP contribution in [0.2, 0.25) is 0 Å². The molecule has 0 saturated carbocycles. The molecule has 0 aliphatic carbocycles. The van der Waals surface area contributed by atoms with Crippen LogP contribution in [0.25, 0.3) is 22.4 Å². The fourth-order valence-electron chi connectivity index (χ4n) is 2.43. The number of rotatable bonds is 2. The van der Waals surface area contributed by atoms with Crippen LogP contribution in [0.3, 0.4) is 0 Å². The highest BCUT2D eigenvalue weighted by molar-refractivity contribution is 5.72. The summed E-state index contributed by atoms with van der Waals surface area (Å²) in [6, 6.07) is 17.0. The molecule has 0 bridgehead atoms. The van der Waals surface area contributed by atoms with E-state index in [1.165, 1.54) is 27.9 Å². The van der Waals surface area contributed by atoms with Gasteiger partial charge in [0.2, 0.25) is 5.69 Å². The number of hydrogen-bond acceptors (Lipinski definition) is 1. The van der Waals surface area contributed by atoms with Gasteiger partial charge in [0.25, 0.3) is 0 Å². The molecule has 0 saturated heterocycles. The summed E-state index contributed by atoms with van der Waals surface area (Å²) >= 11 is 0. The lowest BCUT2D eigenvalue weighted by Gasteiger charge is -2.08. The van der Waals surface area contributed by atoms with Crippen LogP contribution in [-0.2, 0) is 7.05 Å². The Bertz CT molecular complexity index is 733. The van der Waals surface area contributed by atoms with Gasteiger partial charge in [-0.05, 0) is 47.9 Å². The van der Waals surface area contributed by atoms with E-state index in [4.69, 9.17) is 0 Å². The number of aryl methyl sites for hydroxylation is 2. The molecule has 0 atom stereocenters. The molecule has 0 amide bonds. The summed E-state index contributed by atoms with van der Waals surface area (Å²) in [5.41, 5.74) is 6.18. The molecule has 2 aromatic heterocycles. The molecule has 3 rings (SSSR count). The van der Waals surface area contributed by atoms with Gasteiger partial charge in [0.05, 0.1) is 0 Å². The van der Waals surface area contributed by atoms with Gasteiger partial charge in [-0.2, -0.15) is 0 Å². The molecule has 2 nitrogen and oxygen atoms in total. The van der Waals surface area contributed by atoms with Crippen LogP contribution in [0.4, 0.5) is 0 Å². The van der Waals surface area contributed by atoms with Crippen molar-refractivity contribution in [1.29, 1.82) is 0 Å². The normalized spacial score (nSPS) is 10.5. The maximum Gasteiger partial charge on any atom is 0.212 e. The predicted molar refractivity (Wildman–Crippen MR) is 81.0 cm³/mol. The van der Waals surface area contributed by atoms with E-state index >= 15 is 0 Å². The van der Waals surface area contributed by atoms with E-state index in [1.807, 2.05) is 30.6 Å². The van der Waals surface area contributed by atoms with E-state index in [0.717, 1.165) is 0 Å². The van der Waals surface area contributed by atoms with Gasteiger partial charge in [0.15, 0.2) is 6.20 Å². The molecule has 0 aliphatic rings. The largest absolute Gasteiger partial charge is 0.265 e. The summed E-state index contributed by atoms with van der Waals surface area (Å²) in [4.78, 5) is 4.08. The van der Waals surface area contributed by atoms with Crippen molar-refractivity contribution in [2.24, 2.45) is 7.05 Å². The van der Waals surface area contributed by atoms with E-state index < -0.39 is 0 Å². The van der Waals surface area contributed by atoms with E-state index in [-0.39, 0.29) is 0 Å². The summed E-state index contributed by atoms with van der Waals surface area (Å²) in [6.45, 7) is 2.15. The number of hydrogen-bond donors (Lipinski definition) is 0. The standard InChI is InChI=1S/C18H17N2/c1-14-6-7-16(15-8-10-19-11-9-15)13-17(14)18-5-3-4-12-20(18)2/h3-13H,1-2H3/q+1. The zero-order valence-corrected chi connectivity index (χ0v) is 11.7. The Morgan fingerprint density at radius 3 is 2.45 bits per heavy atom. The van der Waals surface area contributed by atoms with Gasteiger partial charge in [-0.25, -0.2) is 4.57 Å². The summed E-state index contributed by atoms with van der Waals surface area (Å²) in [5, 5.41) is 0. The Morgan fingerprint density at radius 2 is 1.70 bits per heavy atom. The lowest BCUT2D eigenvalue weighted by atomic mass is 9.98. The molecule has 2 heterocycles. The number of benzene rings is 1. The molecule has 0 unspecified atom stereocenters. The molecule has 20 heavy (non-hydrogen) atoms. The highest BCUT2D eigenvalue weighted by Crippen LogP contribution is 2.27. The lowest BCUT2D eigenvalue weighted by molar-refractivity contribution is -0.660. The Balaban J connectivity index is 2.15. The predicted octanol–water partition coefficient (Wildman–Crippen LogP) is 3.55. The minimum absolute atomic E-state index is 1.19. The molecular weight excluding hydrogens is 244 g/mol. The van der Waals surface area contributed by atoms with Gasteiger partial charge in [-0.15, -0.1) is 0 Å². The first-order chi connectivity index (χ1) is 9.75. The van der Waals surface area contributed by atoms with E-state index in [2.05, 4.69) is 60.1 Å². The van der Waals surface area contributed by atoms with Crippen LogP contribution in [0.1, 0.15) is 5.56 Å². The van der Waals surface area contributed by atoms with Crippen molar-refractivity contribution in [1.82, 2.24) is 4.98 Å². The second kappa shape index (κ2) is 5.25. The number of pyridine rings is 2. The topological polar surface area (TPSA) is 16.8 Å². The maximum atomic E-state index is 4.08. The number of aromatic nitrogens is 2. The Hall–Kier alpha value is -2.48. The average Bonchev–Trinajstić information content (AvgIpc) is 2.49. The first-order valence-electron chi connectivity index (χ1n) is 6.72. The van der Waals surface area contributed by atoms with Crippen LogP contribution in [0.15, 0.2) is 67.1 Å². The van der Waals surface area contributed by atoms with Crippen LogP contribution in [0.5, 0.6) is 0 Å². The molecular formula is C18H17N2+. The van der Waals surface area contributed by atoms with Gasteiger partial charge in [0.1, 0.15) is 7.05 Å². The zero-order valence-electron chi connectivity index (χ0n) is 11.7. The van der Waals surface area contributed by atoms with Crippen LogP contribution in [0, 0.1) is 6.92 Å². The zero-order chi connectivity index (χ0) is 13.9. The van der Waals surface area contributed by atoms with Gasteiger partial charge in [-0.3, -0.25) is 4.98 Å². The van der Waals surface area contributed by atoms with E-state index in [1.54, 1.807) is 0 Å². The summed E-state index contributed by atoms with van der Waals surface area (Å²) in [6.07, 6.45) is 5.74. The summed E-state index contributed by atoms with van der Waals surface area (Å²) < 4.78 is 2.15. The smallest absolute Gasteiger partial charge is 0.212 e. The van der Waals surface area contributed by atoms with Gasteiger partial charge >= 0.3 is 0 Å². The SMILES string of the molecule is Cc1ccc(-c2ccncc2)cc1-c1cccc[n+]1C. The van der Waals surface area contributed by atoms with Crippen molar-refractivity contribution in [3.05, 3.63) is 72.7 Å². The minimum atomic E-state index is 1.19. The maximum absolute atomic E-state index is 4.08. The van der Waals surface area contributed by atoms with E-state index in [9.17, 15) is 0 Å². The van der Waals surface area contributed by atoms with Crippen molar-refractivity contribution >= 4 is 0 Å². The first-order valence-corrected chi connectivity index (χ1v) is 6.72. The Morgan fingerprint density at radius 1 is 0.900 bits per heavy atom. The first kappa shape index (κ1) is 12.5. The van der Waals surface area contributed by atoms with Crippen molar-refractivity contribution in [2.45, 2.75) is 6.92 Å². The third kappa shape index (κ3) is 2.32. The fraction of sp³-hybridized carbons (Fsp3) is 0.111. The van der Waals surface area contributed by atoms with Gasteiger partial charge in [-0.1, -0.05) is 12.1 Å². The fourth-order valence-corrected chi connectivity index (χ4v) is 2.43. The third-order valence-corrected chi connectivity index (χ3v) is 3.58. The molecule has 2 heteroatoms. The molecule has 98 valence electrons. The molecule has 3 aromatic rings. The van der Waals surface area contributed by atoms with Crippen LogP contribution < -0.4 is 4.57 Å². The van der Waals surface area contributed by atoms with Gasteiger partial charge in [0, 0.05) is 30.1 Å². The highest BCUT2D eigenvalue weighted by Gasteiger charge is 2.12. The van der Waals surface area contributed by atoms with Crippen LogP contribution >= 0.6 is 0 Å². The lowest BCUT2D eigenvalue weighted by Crippen LogP contribution is -2.30. The minimum Gasteiger partial charge on any atom is -0.265 e. The highest BCUT2D eigenvalue weighted by atomic mass is 14.9. The Kier molecular flexibility index (Phi) is 3.30. The molecule has 0 N–H and O–H groups in total. The molecule has 1 aromatic carbocycles. The third-order valence-electron chi connectivity index (χ3n) is 3.58. The summed E-state index contributed by atoms with van der Waals surface area (Å²) in [5.74, 6) is 0. The number of nitrogens with zero attached hydrogens (tertiary/aromatic N) is 2. The quantitative estimate of drug-likeness (QED) is 0.645.